The van der Waals surface area contributed by atoms with Gasteiger partial charge in [0.25, 0.3) is 0 Å². The summed E-state index contributed by atoms with van der Waals surface area (Å²) in [5.74, 6) is 1.89. The molecule has 0 unspecified atom stereocenters. The van der Waals surface area contributed by atoms with E-state index in [-0.39, 0.29) is 5.54 Å². The first-order valence-corrected chi connectivity index (χ1v) is 7.29. The van der Waals surface area contributed by atoms with Gasteiger partial charge in [0.1, 0.15) is 5.82 Å². The van der Waals surface area contributed by atoms with Gasteiger partial charge in [-0.15, -0.1) is 0 Å². The number of rotatable bonds is 6. The zero-order chi connectivity index (χ0) is 13.9. The minimum atomic E-state index is 0.107. The maximum atomic E-state index is 4.73. The van der Waals surface area contributed by atoms with Crippen LogP contribution in [-0.2, 0) is 6.54 Å². The van der Waals surface area contributed by atoms with Crippen molar-refractivity contribution in [3.63, 3.8) is 0 Å². The highest BCUT2D eigenvalue weighted by Crippen LogP contribution is 2.30. The summed E-state index contributed by atoms with van der Waals surface area (Å²) in [6.45, 7) is 11.6. The lowest BCUT2D eigenvalue weighted by Crippen LogP contribution is -2.35. The topological polar surface area (TPSA) is 41.1 Å². The van der Waals surface area contributed by atoms with Crippen molar-refractivity contribution in [3.05, 3.63) is 18.1 Å². The van der Waals surface area contributed by atoms with Gasteiger partial charge in [-0.05, 0) is 46.5 Å². The molecule has 0 aromatic carbocycles. The van der Waals surface area contributed by atoms with Crippen molar-refractivity contribution in [2.45, 2.75) is 52.6 Å². The number of nitrogens with one attached hydrogen (secondary N) is 1. The van der Waals surface area contributed by atoms with E-state index in [9.17, 15) is 0 Å². The lowest BCUT2D eigenvalue weighted by Gasteiger charge is -2.23. The van der Waals surface area contributed by atoms with Crippen molar-refractivity contribution in [3.8, 4) is 0 Å². The van der Waals surface area contributed by atoms with E-state index in [2.05, 4.69) is 42.9 Å². The second kappa shape index (κ2) is 5.87. The molecule has 0 bridgehead atoms. The highest BCUT2D eigenvalue weighted by molar-refractivity contribution is 5.36. The fraction of sp³-hybridized carbons (Fsp3) is 0.733. The fourth-order valence-electron chi connectivity index (χ4n) is 1.98. The van der Waals surface area contributed by atoms with Crippen LogP contribution in [0, 0.1) is 5.92 Å². The first kappa shape index (κ1) is 14.3. The van der Waals surface area contributed by atoms with Gasteiger partial charge in [0.15, 0.2) is 0 Å². The van der Waals surface area contributed by atoms with Gasteiger partial charge in [-0.1, -0.05) is 0 Å². The van der Waals surface area contributed by atoms with E-state index in [0.717, 1.165) is 37.1 Å². The summed E-state index contributed by atoms with van der Waals surface area (Å²) in [4.78, 5) is 11.4. The van der Waals surface area contributed by atoms with Gasteiger partial charge in [-0.3, -0.25) is 4.98 Å². The normalized spacial score (nSPS) is 15.6. The molecule has 106 valence electrons. The summed E-state index contributed by atoms with van der Waals surface area (Å²) in [6.07, 6.45) is 6.48. The summed E-state index contributed by atoms with van der Waals surface area (Å²) in [5, 5.41) is 3.45. The molecule has 0 aliphatic heterocycles. The Morgan fingerprint density at radius 3 is 2.63 bits per heavy atom. The zero-order valence-corrected chi connectivity index (χ0v) is 12.6. The van der Waals surface area contributed by atoms with E-state index >= 15 is 0 Å². The Labute approximate surface area is 116 Å². The second-order valence-corrected chi connectivity index (χ2v) is 6.45. The summed E-state index contributed by atoms with van der Waals surface area (Å²) in [7, 11) is 0. The van der Waals surface area contributed by atoms with Crippen LogP contribution >= 0.6 is 0 Å². The molecule has 0 amide bonds. The molecule has 19 heavy (non-hydrogen) atoms. The lowest BCUT2D eigenvalue weighted by molar-refractivity contribution is 0.421. The molecule has 1 aliphatic carbocycles. The molecular formula is C15H26N4. The summed E-state index contributed by atoms with van der Waals surface area (Å²) >= 11 is 0. The highest BCUT2D eigenvalue weighted by Gasteiger charge is 2.24. The Hall–Kier alpha value is -1.16. The average Bonchev–Trinajstić information content (AvgIpc) is 3.17. The maximum Gasteiger partial charge on any atom is 0.147 e. The van der Waals surface area contributed by atoms with Crippen LogP contribution in [0.2, 0.25) is 0 Å². The number of nitrogens with zero attached hydrogens (tertiary/aromatic N) is 3. The molecule has 0 atom stereocenters. The standard InChI is InChI=1S/C15H26N4/c1-5-19(11-12-6-7-12)14-10-16-8-13(18-14)9-17-15(2,3)4/h8,10,12,17H,5-7,9,11H2,1-4H3. The second-order valence-electron chi connectivity index (χ2n) is 6.45. The summed E-state index contributed by atoms with van der Waals surface area (Å²) in [6, 6.07) is 0. The third-order valence-electron chi connectivity index (χ3n) is 3.35. The summed E-state index contributed by atoms with van der Waals surface area (Å²) < 4.78 is 0. The van der Waals surface area contributed by atoms with Crippen molar-refractivity contribution >= 4 is 5.82 Å². The molecule has 0 spiro atoms. The zero-order valence-electron chi connectivity index (χ0n) is 12.6. The molecule has 0 radical (unpaired) electrons. The molecule has 4 heteroatoms. The van der Waals surface area contributed by atoms with Gasteiger partial charge in [0.2, 0.25) is 0 Å². The van der Waals surface area contributed by atoms with Crippen LogP contribution in [0.25, 0.3) is 0 Å². The molecule has 1 heterocycles. The van der Waals surface area contributed by atoms with Crippen LogP contribution in [0.1, 0.15) is 46.2 Å². The molecule has 1 fully saturated rings. The predicted octanol–water partition coefficient (Wildman–Crippen LogP) is 2.60. The monoisotopic (exact) mass is 262 g/mol. The Balaban J connectivity index is 2.00. The van der Waals surface area contributed by atoms with Crippen molar-refractivity contribution in [1.82, 2.24) is 15.3 Å². The Morgan fingerprint density at radius 1 is 1.32 bits per heavy atom. The van der Waals surface area contributed by atoms with Crippen molar-refractivity contribution in [2.75, 3.05) is 18.0 Å². The van der Waals surface area contributed by atoms with Crippen LogP contribution in [0.15, 0.2) is 12.4 Å². The summed E-state index contributed by atoms with van der Waals surface area (Å²) in [5.41, 5.74) is 1.12. The van der Waals surface area contributed by atoms with Crippen LogP contribution in [0.4, 0.5) is 5.82 Å². The number of hydrogen-bond donors (Lipinski definition) is 1. The molecule has 1 saturated carbocycles. The van der Waals surface area contributed by atoms with Gasteiger partial charge < -0.3 is 10.2 Å². The molecule has 1 aromatic heterocycles. The molecular weight excluding hydrogens is 236 g/mol. The third kappa shape index (κ3) is 4.78. The number of aromatic nitrogens is 2. The van der Waals surface area contributed by atoms with Crippen molar-refractivity contribution in [1.29, 1.82) is 0 Å². The molecule has 1 N–H and O–H groups in total. The van der Waals surface area contributed by atoms with E-state index in [1.807, 2.05) is 12.4 Å². The third-order valence-corrected chi connectivity index (χ3v) is 3.35. The molecule has 2 rings (SSSR count). The molecule has 1 aliphatic rings. The molecule has 4 nitrogen and oxygen atoms in total. The quantitative estimate of drug-likeness (QED) is 0.855. The lowest BCUT2D eigenvalue weighted by atomic mass is 10.1. The van der Waals surface area contributed by atoms with Gasteiger partial charge in [0, 0.05) is 31.4 Å². The van der Waals surface area contributed by atoms with Crippen molar-refractivity contribution < 1.29 is 0 Å². The largest absolute Gasteiger partial charge is 0.355 e. The first-order valence-electron chi connectivity index (χ1n) is 7.29. The Kier molecular flexibility index (Phi) is 4.40. The van der Waals surface area contributed by atoms with Gasteiger partial charge in [-0.2, -0.15) is 0 Å². The van der Waals surface area contributed by atoms with Crippen LogP contribution < -0.4 is 10.2 Å². The smallest absolute Gasteiger partial charge is 0.147 e. The molecule has 1 aromatic rings. The van der Waals surface area contributed by atoms with E-state index in [0.29, 0.717) is 0 Å². The minimum Gasteiger partial charge on any atom is -0.355 e. The first-order chi connectivity index (χ1) is 8.98. The van der Waals surface area contributed by atoms with Crippen LogP contribution in [-0.4, -0.2) is 28.6 Å². The van der Waals surface area contributed by atoms with Crippen LogP contribution in [0.5, 0.6) is 0 Å². The predicted molar refractivity (Wildman–Crippen MR) is 79.2 cm³/mol. The van der Waals surface area contributed by atoms with Gasteiger partial charge in [-0.25, -0.2) is 4.98 Å². The van der Waals surface area contributed by atoms with E-state index in [1.54, 1.807) is 0 Å². The SMILES string of the molecule is CCN(CC1CC1)c1cncc(CNC(C)(C)C)n1. The average molecular weight is 262 g/mol. The number of hydrogen-bond acceptors (Lipinski definition) is 4. The number of anilines is 1. The Morgan fingerprint density at radius 2 is 2.05 bits per heavy atom. The van der Waals surface area contributed by atoms with Gasteiger partial charge in [0.05, 0.1) is 11.9 Å². The van der Waals surface area contributed by atoms with E-state index < -0.39 is 0 Å². The van der Waals surface area contributed by atoms with E-state index in [4.69, 9.17) is 4.98 Å². The van der Waals surface area contributed by atoms with Crippen LogP contribution in [0.3, 0.4) is 0 Å². The minimum absolute atomic E-state index is 0.107. The van der Waals surface area contributed by atoms with E-state index in [1.165, 1.54) is 12.8 Å². The van der Waals surface area contributed by atoms with Gasteiger partial charge >= 0.3 is 0 Å². The maximum absolute atomic E-state index is 4.73. The van der Waals surface area contributed by atoms with Crippen molar-refractivity contribution in [2.24, 2.45) is 5.92 Å². The molecule has 0 saturated heterocycles. The Bertz CT molecular complexity index is 407. The fourth-order valence-corrected chi connectivity index (χ4v) is 1.98. The highest BCUT2D eigenvalue weighted by atomic mass is 15.2.